The molecule has 0 unspecified atom stereocenters. The van der Waals surface area contributed by atoms with Crippen molar-refractivity contribution in [3.05, 3.63) is 104 Å². The van der Waals surface area contributed by atoms with Gasteiger partial charge in [-0.15, -0.1) is 22.7 Å². The maximum atomic E-state index is 14.2. The average molecular weight is 732 g/mol. The number of hydrogen-bond donors (Lipinski definition) is 2. The van der Waals surface area contributed by atoms with Gasteiger partial charge in [0.05, 0.1) is 27.6 Å². The van der Waals surface area contributed by atoms with Crippen LogP contribution in [0.1, 0.15) is 59.3 Å². The second-order valence-corrected chi connectivity index (χ2v) is 15.3. The lowest BCUT2D eigenvalue weighted by Gasteiger charge is -2.41. The Kier molecular flexibility index (Phi) is 14.0. The fourth-order valence-corrected chi connectivity index (χ4v) is 7.50. The van der Waals surface area contributed by atoms with Crippen LogP contribution in [0, 0.1) is 0 Å². The van der Waals surface area contributed by atoms with Gasteiger partial charge in [0.1, 0.15) is 12.6 Å². The third-order valence-corrected chi connectivity index (χ3v) is 10.9. The molecule has 2 aromatic heterocycles. The molecule has 0 spiro atoms. The van der Waals surface area contributed by atoms with E-state index in [9.17, 15) is 14.4 Å². The molecule has 272 valence electrons. The van der Waals surface area contributed by atoms with Gasteiger partial charge in [-0.05, 0) is 43.9 Å². The summed E-state index contributed by atoms with van der Waals surface area (Å²) < 4.78 is 5.51. The van der Waals surface area contributed by atoms with Crippen molar-refractivity contribution in [2.24, 2.45) is 0 Å². The predicted molar refractivity (Wildman–Crippen MR) is 202 cm³/mol. The van der Waals surface area contributed by atoms with E-state index >= 15 is 0 Å². The van der Waals surface area contributed by atoms with Crippen LogP contribution in [-0.4, -0.2) is 94.6 Å². The topological polar surface area (TPSA) is 120 Å². The van der Waals surface area contributed by atoms with Crippen LogP contribution in [0.3, 0.4) is 0 Å². The number of ether oxygens (including phenoxy) is 1. The number of likely N-dealkylation sites (N-methyl/N-ethyl adjacent to an activating group) is 1. The average Bonchev–Trinajstić information content (AvgIpc) is 3.83. The van der Waals surface area contributed by atoms with E-state index in [1.807, 2.05) is 61.0 Å². The molecule has 11 nitrogen and oxygen atoms in total. The summed E-state index contributed by atoms with van der Waals surface area (Å²) in [7, 11) is 3.74. The summed E-state index contributed by atoms with van der Waals surface area (Å²) in [5, 5.41) is 9.44. The van der Waals surface area contributed by atoms with Crippen LogP contribution in [0.2, 0.25) is 0 Å². The number of rotatable bonds is 15. The highest BCUT2D eigenvalue weighted by molar-refractivity contribution is 7.09. The zero-order valence-electron chi connectivity index (χ0n) is 29.9. The zero-order valence-corrected chi connectivity index (χ0v) is 31.5. The molecule has 3 heterocycles. The zero-order chi connectivity index (χ0) is 36.2. The molecule has 0 radical (unpaired) electrons. The Bertz CT molecular complexity index is 1670. The van der Waals surface area contributed by atoms with E-state index in [0.717, 1.165) is 26.7 Å². The molecule has 0 aliphatic carbocycles. The minimum absolute atomic E-state index is 0.157. The summed E-state index contributed by atoms with van der Waals surface area (Å²) >= 11 is 3.04. The fourth-order valence-electron chi connectivity index (χ4n) is 6.17. The summed E-state index contributed by atoms with van der Waals surface area (Å²) in [5.74, 6) is 0.142. The molecule has 1 saturated heterocycles. The molecule has 2 N–H and O–H groups in total. The Balaban J connectivity index is 1.28. The van der Waals surface area contributed by atoms with E-state index in [1.165, 1.54) is 11.3 Å². The molecule has 1 fully saturated rings. The Labute approximate surface area is 309 Å². The van der Waals surface area contributed by atoms with Crippen molar-refractivity contribution in [1.82, 2.24) is 35.3 Å². The van der Waals surface area contributed by atoms with Crippen molar-refractivity contribution in [3.63, 3.8) is 0 Å². The highest BCUT2D eigenvalue weighted by Gasteiger charge is 2.36. The molecule has 13 heteroatoms. The van der Waals surface area contributed by atoms with Gasteiger partial charge in [-0.25, -0.2) is 14.6 Å². The first-order chi connectivity index (χ1) is 24.6. The second kappa shape index (κ2) is 18.8. The smallest absolute Gasteiger partial charge is 0.407 e. The number of carbonyl (C=O) groups is 3. The van der Waals surface area contributed by atoms with Crippen molar-refractivity contribution < 1.29 is 19.1 Å². The van der Waals surface area contributed by atoms with Crippen LogP contribution in [0.25, 0.3) is 0 Å². The number of piperazine rings is 1. The van der Waals surface area contributed by atoms with Crippen molar-refractivity contribution in [1.29, 1.82) is 0 Å². The van der Waals surface area contributed by atoms with E-state index in [1.54, 1.807) is 39.9 Å². The normalized spacial score (nSPS) is 16.0. The molecule has 3 atom stereocenters. The van der Waals surface area contributed by atoms with Gasteiger partial charge >= 0.3 is 12.1 Å². The fraction of sp³-hybridized carbons (Fsp3) is 0.447. The lowest BCUT2D eigenvalue weighted by atomic mass is 9.95. The molecule has 5 rings (SSSR count). The van der Waals surface area contributed by atoms with Gasteiger partial charge in [0.15, 0.2) is 0 Å². The van der Waals surface area contributed by atoms with Crippen LogP contribution in [0.15, 0.2) is 77.8 Å². The van der Waals surface area contributed by atoms with Crippen molar-refractivity contribution in [2.45, 2.75) is 76.7 Å². The van der Waals surface area contributed by atoms with Gasteiger partial charge in [-0.2, -0.15) is 0 Å². The monoisotopic (exact) mass is 731 g/mol. The minimum atomic E-state index is -0.654. The number of aromatic nitrogens is 2. The number of hydrogen-bond acceptors (Lipinski definition) is 9. The summed E-state index contributed by atoms with van der Waals surface area (Å²) in [4.78, 5) is 56.0. The molecule has 51 heavy (non-hydrogen) atoms. The number of amides is 4. The first-order valence-electron chi connectivity index (χ1n) is 17.5. The molecule has 4 aromatic rings. The molecule has 1 aliphatic rings. The molecule has 2 aromatic carbocycles. The Morgan fingerprint density at radius 3 is 2.18 bits per heavy atom. The Hall–Kier alpha value is -4.33. The third kappa shape index (κ3) is 11.6. The highest BCUT2D eigenvalue weighted by atomic mass is 32.1. The van der Waals surface area contributed by atoms with E-state index in [-0.39, 0.29) is 30.6 Å². The standard InChI is InChI=1S/C38H49N7O4S2/c1-27(2)36-41-32(25-50-36)22-44(4)38(48)45-18-17-43(3)23-34(45)35(46)40-30(19-28-11-7-5-8-12-28)15-16-31(20-29-13-9-6-10-14-29)42-37(47)49-24-33-21-39-26-51-33/h5-14,21,25-27,30-31,34H,15-20,22-24H2,1-4H3,(H,40,46)(H,42,47)/t30-,31+,34-/m1/s1. The number of nitrogens with one attached hydrogen (secondary N) is 2. The first-order valence-corrected chi connectivity index (χ1v) is 19.2. The lowest BCUT2D eigenvalue weighted by molar-refractivity contribution is -0.128. The summed E-state index contributed by atoms with van der Waals surface area (Å²) in [5.41, 5.74) is 4.75. The lowest BCUT2D eigenvalue weighted by Crippen LogP contribution is -2.62. The van der Waals surface area contributed by atoms with E-state index < -0.39 is 12.1 Å². The largest absolute Gasteiger partial charge is 0.444 e. The van der Waals surface area contributed by atoms with E-state index in [0.29, 0.717) is 57.8 Å². The van der Waals surface area contributed by atoms with Crippen LogP contribution >= 0.6 is 22.7 Å². The Morgan fingerprint density at radius 2 is 1.59 bits per heavy atom. The van der Waals surface area contributed by atoms with Gasteiger partial charge in [-0.3, -0.25) is 9.78 Å². The quantitative estimate of drug-likeness (QED) is 0.156. The highest BCUT2D eigenvalue weighted by Crippen LogP contribution is 2.21. The molecular formula is C38H49N7O4S2. The van der Waals surface area contributed by atoms with Crippen LogP contribution < -0.4 is 10.6 Å². The number of urea groups is 1. The first kappa shape index (κ1) is 37.9. The van der Waals surface area contributed by atoms with Crippen molar-refractivity contribution >= 4 is 40.7 Å². The molecular weight excluding hydrogens is 683 g/mol. The molecule has 0 saturated carbocycles. The third-order valence-electron chi connectivity index (χ3n) is 8.93. The number of nitrogens with zero attached hydrogens (tertiary/aromatic N) is 5. The summed E-state index contributed by atoms with van der Waals surface area (Å²) in [6, 6.07) is 18.8. The molecule has 1 aliphatic heterocycles. The van der Waals surface area contributed by atoms with Crippen LogP contribution in [-0.2, 0) is 35.5 Å². The number of alkyl carbamates (subject to hydrolysis) is 1. The Morgan fingerprint density at radius 1 is 0.941 bits per heavy atom. The SMILES string of the molecule is CC(C)c1nc(CN(C)C(=O)N2CCN(C)C[C@@H]2C(=O)N[C@H](CC[C@@H](Cc2ccccc2)NC(=O)OCc2cncs2)Cc2ccccc2)cs1. The predicted octanol–water partition coefficient (Wildman–Crippen LogP) is 5.94. The van der Waals surface area contributed by atoms with Crippen molar-refractivity contribution in [3.8, 4) is 0 Å². The second-order valence-electron chi connectivity index (χ2n) is 13.5. The van der Waals surface area contributed by atoms with Crippen molar-refractivity contribution in [2.75, 3.05) is 33.7 Å². The van der Waals surface area contributed by atoms with Crippen LogP contribution in [0.4, 0.5) is 9.59 Å². The molecule has 0 bridgehead atoms. The number of carbonyl (C=O) groups excluding carboxylic acids is 3. The number of thiazole rings is 2. The van der Waals surface area contributed by atoms with Gasteiger partial charge in [0.25, 0.3) is 0 Å². The summed E-state index contributed by atoms with van der Waals surface area (Å²) in [6.07, 6.45) is 3.63. The van der Waals surface area contributed by atoms with Crippen LogP contribution in [0.5, 0.6) is 0 Å². The maximum Gasteiger partial charge on any atom is 0.407 e. The van der Waals surface area contributed by atoms with E-state index in [4.69, 9.17) is 9.72 Å². The minimum Gasteiger partial charge on any atom is -0.444 e. The number of benzene rings is 2. The van der Waals surface area contributed by atoms with E-state index in [2.05, 4.69) is 46.5 Å². The van der Waals surface area contributed by atoms with Gasteiger partial charge < -0.3 is 30.1 Å². The van der Waals surface area contributed by atoms with Gasteiger partial charge in [0, 0.05) is 56.3 Å². The summed E-state index contributed by atoms with van der Waals surface area (Å²) in [6.45, 7) is 6.30. The van der Waals surface area contributed by atoms with Gasteiger partial charge in [0.2, 0.25) is 5.91 Å². The van der Waals surface area contributed by atoms with Gasteiger partial charge in [-0.1, -0.05) is 74.5 Å². The molecule has 4 amide bonds. The maximum absolute atomic E-state index is 14.2.